The number of hydrogen-bond acceptors (Lipinski definition) is 13. The van der Waals surface area contributed by atoms with Crippen LogP contribution in [0.5, 0.6) is 0 Å². The first-order valence-corrected chi connectivity index (χ1v) is 35.9. The van der Waals surface area contributed by atoms with E-state index in [9.17, 15) is 38.4 Å². The molecule has 4 aliphatic rings. The van der Waals surface area contributed by atoms with Crippen LogP contribution in [0.3, 0.4) is 0 Å². The van der Waals surface area contributed by atoms with E-state index in [2.05, 4.69) is 55.2 Å². The molecule has 0 unspecified atom stereocenters. The number of rotatable bonds is 15. The molecule has 6 N–H and O–H groups in total. The van der Waals surface area contributed by atoms with E-state index in [1.807, 2.05) is 51.3 Å². The summed E-state index contributed by atoms with van der Waals surface area (Å²) in [4.78, 5) is 105. The second-order valence-electron chi connectivity index (χ2n) is 28.7. The van der Waals surface area contributed by atoms with Crippen molar-refractivity contribution in [3.8, 4) is 0 Å². The second kappa shape index (κ2) is 28.4. The zero-order valence-corrected chi connectivity index (χ0v) is 54.5. The van der Waals surface area contributed by atoms with Gasteiger partial charge in [0, 0.05) is 43.3 Å². The lowest BCUT2D eigenvalue weighted by Gasteiger charge is -2.38. The van der Waals surface area contributed by atoms with E-state index in [0.717, 1.165) is 62.1 Å². The lowest BCUT2D eigenvalue weighted by Crippen LogP contribution is -2.60. The molecule has 7 amide bonds. The summed E-state index contributed by atoms with van der Waals surface area (Å²) in [5.74, 6) is -0.895. The lowest BCUT2D eigenvalue weighted by atomic mass is 9.85. The molecule has 0 radical (unpaired) electrons. The number of carbonyl (C=O) groups excluding carboxylic acids is 7. The zero-order valence-electron chi connectivity index (χ0n) is 52.5. The van der Waals surface area contributed by atoms with E-state index in [-0.39, 0.29) is 47.5 Å². The standard InChI is InChI=1S/C28H52N4O6Si.C19H37N3O3Si.C9H17NO4/c1-18(31(8)26(36)38-28(5,6)7)23(33)30-22(27(2,3)4)24(34)32-15-14-19-12-13-20(21(19)32)29-25(35)37-16-17-39(9,10)11;1-19(2,3)16(20)17(23)22-10-9-13-7-8-14(15(13)22)21-18(24)25-11-12-26(4,5)6;1-6(7(11)12)10(5)8(13)14-9(2,3)4/h18-22H,12-17H2,1-11H3,(H,29,35)(H,30,33);13-16H,7-12,20H2,1-6H3,(H,21,24);6H,1-5H3,(H,11,12)/t18-,19+,20-,21-,22+;13-,14+,15+,16-;6-/m010/s1. The Hall–Kier alpha value is -4.65. The van der Waals surface area contributed by atoms with E-state index in [0.29, 0.717) is 31.6 Å². The van der Waals surface area contributed by atoms with Gasteiger partial charge in [0.25, 0.3) is 0 Å². The highest BCUT2D eigenvalue weighted by atomic mass is 28.3. The highest BCUT2D eigenvalue weighted by molar-refractivity contribution is 6.76. The number of nitrogens with zero attached hydrogens (tertiary/aromatic N) is 4. The van der Waals surface area contributed by atoms with Crippen molar-refractivity contribution in [3.05, 3.63) is 0 Å². The molecule has 0 aromatic carbocycles. The van der Waals surface area contributed by atoms with Gasteiger partial charge < -0.3 is 55.5 Å². The normalized spacial score (nSPS) is 22.6. The number of nitrogens with one attached hydrogen (secondary N) is 3. The SMILES string of the molecule is CC(C)(C)[C@H](N)C(=O)N1CC[C@H]2CC[C@H](NC(=O)OCC[Si](C)(C)C)[C@H]21.C[C@@H](C(=O)N[C@H](C(=O)N1CC[C@H]2CC[C@H](NC(=O)OCC[Si](C)(C)C)[C@H]21)C(C)(C)C)N(C)C(=O)OC(C)(C)C.C[C@@H](C(=O)O)N(C)C(=O)OC(C)(C)C. The van der Waals surface area contributed by atoms with Gasteiger partial charge in [-0.1, -0.05) is 80.8 Å². The van der Waals surface area contributed by atoms with Crippen molar-refractivity contribution in [3.63, 3.8) is 0 Å². The van der Waals surface area contributed by atoms with Gasteiger partial charge in [-0.25, -0.2) is 24.0 Å². The summed E-state index contributed by atoms with van der Waals surface area (Å²) < 4.78 is 21.2. The number of likely N-dealkylation sites (N-methyl/N-ethyl adjacent to an activating group) is 2. The predicted molar refractivity (Wildman–Crippen MR) is 312 cm³/mol. The molecule has 10 atom stereocenters. The fourth-order valence-corrected chi connectivity index (χ4v) is 11.1. The molecule has 2 aliphatic carbocycles. The van der Waals surface area contributed by atoms with Crippen molar-refractivity contribution in [1.82, 2.24) is 35.6 Å². The third kappa shape index (κ3) is 23.0. The highest BCUT2D eigenvalue weighted by Crippen LogP contribution is 2.41. The molecule has 0 aromatic heterocycles. The maximum absolute atomic E-state index is 14.0. The lowest BCUT2D eigenvalue weighted by molar-refractivity contribution is -0.142. The van der Waals surface area contributed by atoms with Gasteiger partial charge in [-0.3, -0.25) is 24.2 Å². The molecule has 456 valence electrons. The second-order valence-corrected chi connectivity index (χ2v) is 40.0. The molecule has 4 fully saturated rings. The minimum atomic E-state index is -1.31. The Bertz CT molecular complexity index is 2090. The molecule has 23 heteroatoms. The van der Waals surface area contributed by atoms with Crippen molar-refractivity contribution >= 4 is 64.2 Å². The number of carboxylic acid groups (broad SMARTS) is 1. The molecule has 4 rings (SSSR count). The van der Waals surface area contributed by atoms with Gasteiger partial charge in [0.2, 0.25) is 17.7 Å². The number of fused-ring (bicyclic) bond motifs is 2. The summed E-state index contributed by atoms with van der Waals surface area (Å²) in [6.07, 6.45) is 3.48. The number of hydrogen-bond donors (Lipinski definition) is 5. The van der Waals surface area contributed by atoms with Crippen LogP contribution in [-0.2, 0) is 38.1 Å². The van der Waals surface area contributed by atoms with Crippen LogP contribution in [0.1, 0.15) is 135 Å². The molecule has 0 aromatic rings. The number of carbonyl (C=O) groups is 8. The Morgan fingerprint density at radius 3 is 1.28 bits per heavy atom. The van der Waals surface area contributed by atoms with Gasteiger partial charge >= 0.3 is 30.3 Å². The van der Waals surface area contributed by atoms with Crippen molar-refractivity contribution in [1.29, 1.82) is 0 Å². The summed E-state index contributed by atoms with van der Waals surface area (Å²) in [6.45, 7) is 40.9. The Labute approximate surface area is 475 Å². The highest BCUT2D eigenvalue weighted by Gasteiger charge is 2.51. The summed E-state index contributed by atoms with van der Waals surface area (Å²) in [7, 11) is 0.373. The number of likely N-dealkylation sites (tertiary alicyclic amines) is 2. The zero-order chi connectivity index (χ0) is 61.1. The third-order valence-corrected chi connectivity index (χ3v) is 18.3. The summed E-state index contributed by atoms with van der Waals surface area (Å²) >= 11 is 0. The van der Waals surface area contributed by atoms with Gasteiger partial charge in [-0.15, -0.1) is 0 Å². The molecular formula is C56H106N8O13Si2. The fourth-order valence-electron chi connectivity index (χ4n) is 9.68. The molecule has 2 heterocycles. The first-order valence-electron chi connectivity index (χ1n) is 28.4. The summed E-state index contributed by atoms with van der Waals surface area (Å²) in [5.41, 5.74) is 4.06. The molecule has 2 saturated carbocycles. The van der Waals surface area contributed by atoms with Crippen LogP contribution in [0.4, 0.5) is 19.2 Å². The van der Waals surface area contributed by atoms with Crippen LogP contribution < -0.4 is 21.7 Å². The third-order valence-electron chi connectivity index (χ3n) is 14.9. The molecule has 0 bridgehead atoms. The Morgan fingerprint density at radius 2 is 0.949 bits per heavy atom. The maximum atomic E-state index is 14.0. The number of alkyl carbamates (subject to hydrolysis) is 2. The quantitative estimate of drug-likeness (QED) is 0.0762. The van der Waals surface area contributed by atoms with E-state index < -0.39 is 87.1 Å². The van der Waals surface area contributed by atoms with Crippen molar-refractivity contribution < 1.29 is 62.4 Å². The first kappa shape index (κ1) is 70.5. The maximum Gasteiger partial charge on any atom is 0.410 e. The van der Waals surface area contributed by atoms with Crippen molar-refractivity contribution in [2.45, 2.75) is 246 Å². The topological polar surface area (TPSA) is 269 Å². The van der Waals surface area contributed by atoms with Crippen LogP contribution >= 0.6 is 0 Å². The van der Waals surface area contributed by atoms with Crippen LogP contribution in [0, 0.1) is 22.7 Å². The number of aliphatic carboxylic acids is 1. The summed E-state index contributed by atoms with van der Waals surface area (Å²) in [5, 5.41) is 17.6. The largest absolute Gasteiger partial charge is 0.480 e. The molecular weight excluding hydrogens is 1050 g/mol. The minimum absolute atomic E-state index is 0.00537. The number of amides is 7. The number of ether oxygens (including phenoxy) is 4. The number of carboxylic acids is 1. The van der Waals surface area contributed by atoms with Crippen LogP contribution in [-0.4, -0.2) is 189 Å². The minimum Gasteiger partial charge on any atom is -0.480 e. The van der Waals surface area contributed by atoms with Crippen molar-refractivity contribution in [2.24, 2.45) is 28.4 Å². The molecule has 0 spiro atoms. The average molecular weight is 1160 g/mol. The molecule has 79 heavy (non-hydrogen) atoms. The van der Waals surface area contributed by atoms with Gasteiger partial charge in [-0.2, -0.15) is 0 Å². The smallest absolute Gasteiger partial charge is 0.410 e. The van der Waals surface area contributed by atoms with Crippen LogP contribution in [0.15, 0.2) is 0 Å². The van der Waals surface area contributed by atoms with Gasteiger partial charge in [0.15, 0.2) is 0 Å². The van der Waals surface area contributed by atoms with Crippen LogP contribution in [0.25, 0.3) is 0 Å². The Balaban J connectivity index is 0.000000456. The number of nitrogens with two attached hydrogens (primary N) is 1. The van der Waals surface area contributed by atoms with E-state index in [1.165, 1.54) is 25.9 Å². The van der Waals surface area contributed by atoms with E-state index >= 15 is 0 Å². The monoisotopic (exact) mass is 1150 g/mol. The van der Waals surface area contributed by atoms with Gasteiger partial charge in [-0.05, 0) is 129 Å². The van der Waals surface area contributed by atoms with E-state index in [4.69, 9.17) is 29.8 Å². The van der Waals surface area contributed by atoms with Gasteiger partial charge in [0.1, 0.15) is 29.3 Å². The molecule has 2 aliphatic heterocycles. The predicted octanol–water partition coefficient (Wildman–Crippen LogP) is 8.35. The first-order chi connectivity index (χ1) is 35.8. The average Bonchev–Trinajstić information content (AvgIpc) is 4.08. The van der Waals surface area contributed by atoms with Crippen LogP contribution in [0.2, 0.25) is 51.4 Å². The van der Waals surface area contributed by atoms with Crippen molar-refractivity contribution in [2.75, 3.05) is 40.4 Å². The van der Waals surface area contributed by atoms with Gasteiger partial charge in [0.05, 0.1) is 43.4 Å². The Morgan fingerprint density at radius 1 is 0.582 bits per heavy atom. The summed E-state index contributed by atoms with van der Waals surface area (Å²) in [6, 6.07) is -1.48. The fraction of sp³-hybridized carbons (Fsp3) is 0.857. The molecule has 2 saturated heterocycles. The molecule has 21 nitrogen and oxygen atoms in total. The Kier molecular flexibility index (Phi) is 25.3. The van der Waals surface area contributed by atoms with E-state index in [1.54, 1.807) is 48.5 Å².